The number of carbonyl (C=O) groups excluding carboxylic acids is 1. The summed E-state index contributed by atoms with van der Waals surface area (Å²) in [6.07, 6.45) is 0. The summed E-state index contributed by atoms with van der Waals surface area (Å²) in [5.41, 5.74) is 2.36. The van der Waals surface area contributed by atoms with E-state index in [0.717, 1.165) is 11.1 Å². The highest BCUT2D eigenvalue weighted by atomic mass is 35.5. The number of halogens is 2. The van der Waals surface area contributed by atoms with Crippen LogP contribution in [0.5, 0.6) is 5.75 Å². The second-order valence-corrected chi connectivity index (χ2v) is 5.09. The molecule has 0 radical (unpaired) electrons. The van der Waals surface area contributed by atoms with E-state index in [4.69, 9.17) is 16.3 Å². The van der Waals surface area contributed by atoms with Crippen molar-refractivity contribution in [3.8, 4) is 5.75 Å². The Kier molecular flexibility index (Phi) is 4.81. The van der Waals surface area contributed by atoms with E-state index in [1.807, 2.05) is 32.0 Å². The summed E-state index contributed by atoms with van der Waals surface area (Å²) in [5, 5.41) is 2.57. The molecule has 2 aromatic carbocycles. The number of rotatable bonds is 4. The average molecular weight is 308 g/mol. The lowest BCUT2D eigenvalue weighted by molar-refractivity contribution is -0.118. The molecular weight excluding hydrogens is 293 g/mol. The van der Waals surface area contributed by atoms with Gasteiger partial charge in [0, 0.05) is 5.69 Å². The predicted molar refractivity (Wildman–Crippen MR) is 81.5 cm³/mol. The molecule has 0 aliphatic heterocycles. The quantitative estimate of drug-likeness (QED) is 0.923. The Bertz CT molecular complexity index is 653. The predicted octanol–water partition coefficient (Wildman–Crippen LogP) is 4.11. The third kappa shape index (κ3) is 3.95. The fraction of sp³-hybridized carbons (Fsp3) is 0.188. The molecule has 0 fully saturated rings. The molecule has 1 amide bonds. The van der Waals surface area contributed by atoms with Gasteiger partial charge in [-0.2, -0.15) is 0 Å². The summed E-state index contributed by atoms with van der Waals surface area (Å²) in [7, 11) is 0. The maximum atomic E-state index is 13.0. The molecule has 0 saturated carbocycles. The van der Waals surface area contributed by atoms with Gasteiger partial charge in [-0.25, -0.2) is 4.39 Å². The van der Waals surface area contributed by atoms with E-state index in [1.165, 1.54) is 18.2 Å². The summed E-state index contributed by atoms with van der Waals surface area (Å²) in [5.74, 6) is -0.161. The van der Waals surface area contributed by atoms with Gasteiger partial charge in [0.25, 0.3) is 5.91 Å². The van der Waals surface area contributed by atoms with Crippen LogP contribution in [-0.4, -0.2) is 12.5 Å². The van der Waals surface area contributed by atoms with Crippen LogP contribution < -0.4 is 10.1 Å². The van der Waals surface area contributed by atoms with Crippen molar-refractivity contribution in [2.24, 2.45) is 0 Å². The first-order valence-corrected chi connectivity index (χ1v) is 6.79. The lowest BCUT2D eigenvalue weighted by Crippen LogP contribution is -2.20. The van der Waals surface area contributed by atoms with Gasteiger partial charge in [0.15, 0.2) is 6.61 Å². The number of hydrogen-bond acceptors (Lipinski definition) is 2. The van der Waals surface area contributed by atoms with E-state index in [9.17, 15) is 9.18 Å². The first-order valence-electron chi connectivity index (χ1n) is 6.41. The van der Waals surface area contributed by atoms with Crippen molar-refractivity contribution >= 4 is 23.2 Å². The number of amides is 1. The second-order valence-electron chi connectivity index (χ2n) is 4.69. The van der Waals surface area contributed by atoms with Crippen LogP contribution in [0.15, 0.2) is 36.4 Å². The van der Waals surface area contributed by atoms with Crippen LogP contribution in [0.2, 0.25) is 5.02 Å². The number of carbonyl (C=O) groups is 1. The minimum Gasteiger partial charge on any atom is -0.483 e. The van der Waals surface area contributed by atoms with E-state index < -0.39 is 5.82 Å². The van der Waals surface area contributed by atoms with Crippen molar-refractivity contribution in [3.05, 3.63) is 58.4 Å². The van der Waals surface area contributed by atoms with Gasteiger partial charge in [0.05, 0.1) is 5.02 Å². The van der Waals surface area contributed by atoms with E-state index in [-0.39, 0.29) is 17.5 Å². The van der Waals surface area contributed by atoms with Crippen LogP contribution in [0.1, 0.15) is 11.1 Å². The van der Waals surface area contributed by atoms with Crippen molar-refractivity contribution in [1.29, 1.82) is 0 Å². The zero-order valence-electron chi connectivity index (χ0n) is 11.7. The molecule has 21 heavy (non-hydrogen) atoms. The molecule has 0 heterocycles. The summed E-state index contributed by atoms with van der Waals surface area (Å²) < 4.78 is 18.6. The molecule has 2 aromatic rings. The molecule has 0 aromatic heterocycles. The molecule has 3 nitrogen and oxygen atoms in total. The standard InChI is InChI=1S/C16H15ClFNO2/c1-10-4-3-5-11(2)16(10)21-9-15(20)19-12-6-7-14(18)13(17)8-12/h3-8H,9H2,1-2H3,(H,19,20). The van der Waals surface area contributed by atoms with Gasteiger partial charge in [-0.05, 0) is 43.2 Å². The van der Waals surface area contributed by atoms with Crippen molar-refractivity contribution < 1.29 is 13.9 Å². The molecule has 0 aliphatic rings. The van der Waals surface area contributed by atoms with Crippen LogP contribution in [0.4, 0.5) is 10.1 Å². The fourth-order valence-electron chi connectivity index (χ4n) is 1.94. The number of aryl methyl sites for hydroxylation is 2. The van der Waals surface area contributed by atoms with Crippen LogP contribution in [-0.2, 0) is 4.79 Å². The highest BCUT2D eigenvalue weighted by Crippen LogP contribution is 2.22. The maximum Gasteiger partial charge on any atom is 0.262 e. The lowest BCUT2D eigenvalue weighted by Gasteiger charge is -2.12. The van der Waals surface area contributed by atoms with Crippen molar-refractivity contribution in [1.82, 2.24) is 0 Å². The van der Waals surface area contributed by atoms with Gasteiger partial charge < -0.3 is 10.1 Å². The van der Waals surface area contributed by atoms with Gasteiger partial charge in [-0.3, -0.25) is 4.79 Å². The van der Waals surface area contributed by atoms with Crippen molar-refractivity contribution in [2.75, 3.05) is 11.9 Å². The minimum atomic E-state index is -0.526. The SMILES string of the molecule is Cc1cccc(C)c1OCC(=O)Nc1ccc(F)c(Cl)c1. The zero-order chi connectivity index (χ0) is 15.4. The van der Waals surface area contributed by atoms with Gasteiger partial charge in [-0.15, -0.1) is 0 Å². The number of benzene rings is 2. The molecular formula is C16H15ClFNO2. The number of anilines is 1. The largest absolute Gasteiger partial charge is 0.483 e. The Morgan fingerprint density at radius 2 is 1.90 bits per heavy atom. The van der Waals surface area contributed by atoms with E-state index >= 15 is 0 Å². The van der Waals surface area contributed by atoms with E-state index in [1.54, 1.807) is 0 Å². The van der Waals surface area contributed by atoms with E-state index in [2.05, 4.69) is 5.32 Å². The summed E-state index contributed by atoms with van der Waals surface area (Å²) in [6.45, 7) is 3.71. The maximum absolute atomic E-state index is 13.0. The number of para-hydroxylation sites is 1. The summed E-state index contributed by atoms with van der Waals surface area (Å²) >= 11 is 5.65. The van der Waals surface area contributed by atoms with Crippen molar-refractivity contribution in [2.45, 2.75) is 13.8 Å². The summed E-state index contributed by atoms with van der Waals surface area (Å²) in [6, 6.07) is 9.76. The van der Waals surface area contributed by atoms with Crippen molar-refractivity contribution in [3.63, 3.8) is 0 Å². The topological polar surface area (TPSA) is 38.3 Å². The highest BCUT2D eigenvalue weighted by molar-refractivity contribution is 6.31. The van der Waals surface area contributed by atoms with Crippen LogP contribution in [0.25, 0.3) is 0 Å². The summed E-state index contributed by atoms with van der Waals surface area (Å²) in [4.78, 5) is 11.8. The third-order valence-electron chi connectivity index (χ3n) is 2.96. The third-order valence-corrected chi connectivity index (χ3v) is 3.25. The Hall–Kier alpha value is -2.07. The Morgan fingerprint density at radius 1 is 1.24 bits per heavy atom. The zero-order valence-corrected chi connectivity index (χ0v) is 12.5. The van der Waals surface area contributed by atoms with E-state index in [0.29, 0.717) is 11.4 Å². The first kappa shape index (κ1) is 15.3. The van der Waals surface area contributed by atoms with Crippen LogP contribution in [0.3, 0.4) is 0 Å². The molecule has 2 rings (SSSR count). The molecule has 0 aliphatic carbocycles. The Morgan fingerprint density at radius 3 is 2.52 bits per heavy atom. The van der Waals surface area contributed by atoms with Gasteiger partial charge >= 0.3 is 0 Å². The highest BCUT2D eigenvalue weighted by Gasteiger charge is 2.08. The minimum absolute atomic E-state index is 0.0385. The van der Waals surface area contributed by atoms with Gasteiger partial charge in [0.2, 0.25) is 0 Å². The van der Waals surface area contributed by atoms with Gasteiger partial charge in [0.1, 0.15) is 11.6 Å². The molecule has 0 saturated heterocycles. The number of ether oxygens (including phenoxy) is 1. The fourth-order valence-corrected chi connectivity index (χ4v) is 2.12. The smallest absolute Gasteiger partial charge is 0.262 e. The molecule has 0 atom stereocenters. The van der Waals surface area contributed by atoms with Gasteiger partial charge in [-0.1, -0.05) is 29.8 Å². The normalized spacial score (nSPS) is 10.3. The molecule has 110 valence electrons. The molecule has 0 spiro atoms. The van der Waals surface area contributed by atoms with Crippen LogP contribution in [0, 0.1) is 19.7 Å². The molecule has 0 bridgehead atoms. The number of nitrogens with one attached hydrogen (secondary N) is 1. The Balaban J connectivity index is 1.97. The van der Waals surface area contributed by atoms with Crippen LogP contribution >= 0.6 is 11.6 Å². The average Bonchev–Trinajstić information content (AvgIpc) is 2.42. The lowest BCUT2D eigenvalue weighted by atomic mass is 10.1. The molecule has 5 heteroatoms. The monoisotopic (exact) mass is 307 g/mol. The molecule has 0 unspecified atom stereocenters. The number of hydrogen-bond donors (Lipinski definition) is 1. The second kappa shape index (κ2) is 6.59. The Labute approximate surface area is 127 Å². The first-order chi connectivity index (χ1) is 9.97. The molecule has 1 N–H and O–H groups in total.